The number of rotatable bonds is 6. The lowest BCUT2D eigenvalue weighted by atomic mass is 10.2. The van der Waals surface area contributed by atoms with E-state index < -0.39 is 0 Å². The van der Waals surface area contributed by atoms with Crippen LogP contribution in [-0.2, 0) is 11.3 Å². The van der Waals surface area contributed by atoms with E-state index in [9.17, 15) is 9.59 Å². The van der Waals surface area contributed by atoms with Crippen LogP contribution >= 0.6 is 0 Å². The number of benzene rings is 2. The number of hydrogen-bond donors (Lipinski definition) is 2. The summed E-state index contributed by atoms with van der Waals surface area (Å²) in [4.78, 5) is 25.5. The first-order chi connectivity index (χ1) is 13.5. The molecule has 0 atom stereocenters. The molecule has 0 fully saturated rings. The number of anilines is 3. The first-order valence-electron chi connectivity index (χ1n) is 8.79. The Bertz CT molecular complexity index is 958. The topological polar surface area (TPSA) is 87.2 Å². The van der Waals surface area contributed by atoms with Crippen LogP contribution in [0, 0.1) is 0 Å². The van der Waals surface area contributed by atoms with Crippen LogP contribution in [0.25, 0.3) is 0 Å². The summed E-state index contributed by atoms with van der Waals surface area (Å²) in [5.74, 6) is 0.127. The molecule has 0 saturated carbocycles. The SMILES string of the molecule is CC(=O)Nc1cccc(NC(=O)c2ccc(N(C)Cc3ccccc3)nn2)c1. The van der Waals surface area contributed by atoms with E-state index in [2.05, 4.69) is 20.8 Å². The molecule has 1 heterocycles. The fraction of sp³-hybridized carbons (Fsp3) is 0.143. The van der Waals surface area contributed by atoms with Gasteiger partial charge in [-0.05, 0) is 35.9 Å². The van der Waals surface area contributed by atoms with Crippen LogP contribution in [0.2, 0.25) is 0 Å². The minimum Gasteiger partial charge on any atom is -0.354 e. The van der Waals surface area contributed by atoms with Crippen molar-refractivity contribution < 1.29 is 9.59 Å². The molecule has 2 aromatic carbocycles. The smallest absolute Gasteiger partial charge is 0.276 e. The molecule has 0 unspecified atom stereocenters. The van der Waals surface area contributed by atoms with E-state index in [0.717, 1.165) is 5.56 Å². The summed E-state index contributed by atoms with van der Waals surface area (Å²) in [7, 11) is 1.92. The molecule has 0 bridgehead atoms. The molecule has 2 amide bonds. The van der Waals surface area contributed by atoms with Crippen molar-refractivity contribution in [2.24, 2.45) is 0 Å². The predicted octanol–water partition coefficient (Wildman–Crippen LogP) is 3.32. The first kappa shape index (κ1) is 19.0. The molecule has 2 N–H and O–H groups in total. The van der Waals surface area contributed by atoms with Crippen molar-refractivity contribution in [1.82, 2.24) is 10.2 Å². The van der Waals surface area contributed by atoms with Crippen molar-refractivity contribution in [3.63, 3.8) is 0 Å². The van der Waals surface area contributed by atoms with E-state index in [-0.39, 0.29) is 17.5 Å². The molecular formula is C21H21N5O2. The maximum atomic E-state index is 12.4. The third-order valence-corrected chi connectivity index (χ3v) is 3.98. The van der Waals surface area contributed by atoms with Gasteiger partial charge < -0.3 is 15.5 Å². The van der Waals surface area contributed by atoms with Gasteiger partial charge in [0, 0.05) is 31.9 Å². The van der Waals surface area contributed by atoms with Crippen molar-refractivity contribution in [2.45, 2.75) is 13.5 Å². The summed E-state index contributed by atoms with van der Waals surface area (Å²) in [5, 5.41) is 13.6. The average Bonchev–Trinajstić information content (AvgIpc) is 2.68. The van der Waals surface area contributed by atoms with Crippen molar-refractivity contribution in [2.75, 3.05) is 22.6 Å². The Labute approximate surface area is 163 Å². The third-order valence-electron chi connectivity index (χ3n) is 3.98. The molecule has 3 aromatic rings. The minimum atomic E-state index is -0.371. The Balaban J connectivity index is 1.64. The predicted molar refractivity (Wildman–Crippen MR) is 109 cm³/mol. The van der Waals surface area contributed by atoms with Gasteiger partial charge in [-0.15, -0.1) is 10.2 Å². The van der Waals surface area contributed by atoms with E-state index in [0.29, 0.717) is 23.7 Å². The van der Waals surface area contributed by atoms with Crippen LogP contribution in [0.5, 0.6) is 0 Å². The zero-order valence-corrected chi connectivity index (χ0v) is 15.7. The Morgan fingerprint density at radius 1 is 0.893 bits per heavy atom. The zero-order chi connectivity index (χ0) is 19.9. The van der Waals surface area contributed by atoms with Crippen LogP contribution < -0.4 is 15.5 Å². The maximum absolute atomic E-state index is 12.4. The van der Waals surface area contributed by atoms with Gasteiger partial charge in [0.1, 0.15) is 0 Å². The summed E-state index contributed by atoms with van der Waals surface area (Å²) in [5.41, 5.74) is 2.53. The van der Waals surface area contributed by atoms with E-state index >= 15 is 0 Å². The number of nitrogens with zero attached hydrogens (tertiary/aromatic N) is 3. The van der Waals surface area contributed by atoms with Crippen LogP contribution in [0.4, 0.5) is 17.2 Å². The number of carbonyl (C=O) groups excluding carboxylic acids is 2. The van der Waals surface area contributed by atoms with Crippen LogP contribution in [0.15, 0.2) is 66.7 Å². The summed E-state index contributed by atoms with van der Waals surface area (Å²) in [6.45, 7) is 2.12. The van der Waals surface area contributed by atoms with Gasteiger partial charge in [0.2, 0.25) is 5.91 Å². The van der Waals surface area contributed by atoms with Gasteiger partial charge in [-0.3, -0.25) is 9.59 Å². The normalized spacial score (nSPS) is 10.2. The average molecular weight is 375 g/mol. The lowest BCUT2D eigenvalue weighted by molar-refractivity contribution is -0.114. The van der Waals surface area contributed by atoms with Gasteiger partial charge in [-0.25, -0.2) is 0 Å². The van der Waals surface area contributed by atoms with Gasteiger partial charge >= 0.3 is 0 Å². The van der Waals surface area contributed by atoms with Crippen molar-refractivity contribution >= 4 is 29.0 Å². The number of carbonyl (C=O) groups is 2. The highest BCUT2D eigenvalue weighted by Gasteiger charge is 2.11. The van der Waals surface area contributed by atoms with Crippen molar-refractivity contribution in [3.8, 4) is 0 Å². The monoisotopic (exact) mass is 375 g/mol. The van der Waals surface area contributed by atoms with Gasteiger partial charge in [0.25, 0.3) is 5.91 Å². The van der Waals surface area contributed by atoms with Crippen molar-refractivity contribution in [3.05, 3.63) is 78.0 Å². The Morgan fingerprint density at radius 2 is 1.61 bits per heavy atom. The molecule has 7 heteroatoms. The van der Waals surface area contributed by atoms with E-state index in [4.69, 9.17) is 0 Å². The quantitative estimate of drug-likeness (QED) is 0.690. The zero-order valence-electron chi connectivity index (χ0n) is 15.7. The molecule has 0 aliphatic rings. The second kappa shape index (κ2) is 8.77. The summed E-state index contributed by atoms with van der Waals surface area (Å²) >= 11 is 0. The van der Waals surface area contributed by atoms with Crippen LogP contribution in [-0.4, -0.2) is 29.1 Å². The second-order valence-corrected chi connectivity index (χ2v) is 6.33. The molecule has 0 radical (unpaired) electrons. The highest BCUT2D eigenvalue weighted by Crippen LogP contribution is 2.16. The number of hydrogen-bond acceptors (Lipinski definition) is 5. The maximum Gasteiger partial charge on any atom is 0.276 e. The van der Waals surface area contributed by atoms with E-state index in [1.54, 1.807) is 36.4 Å². The van der Waals surface area contributed by atoms with Gasteiger partial charge in [0.05, 0.1) is 0 Å². The molecule has 0 saturated heterocycles. The van der Waals surface area contributed by atoms with Gasteiger partial charge in [0.15, 0.2) is 11.5 Å². The van der Waals surface area contributed by atoms with E-state index in [1.807, 2.05) is 42.3 Å². The van der Waals surface area contributed by atoms with Crippen LogP contribution in [0.1, 0.15) is 23.0 Å². The standard InChI is InChI=1S/C21H21N5O2/c1-15(27)22-17-9-6-10-18(13-17)23-21(28)19-11-12-20(25-24-19)26(2)14-16-7-4-3-5-8-16/h3-13H,14H2,1-2H3,(H,22,27)(H,23,28). The molecule has 0 aliphatic carbocycles. The molecule has 1 aromatic heterocycles. The summed E-state index contributed by atoms with van der Waals surface area (Å²) in [6.07, 6.45) is 0. The van der Waals surface area contributed by atoms with Crippen molar-refractivity contribution in [1.29, 1.82) is 0 Å². The lowest BCUT2D eigenvalue weighted by Crippen LogP contribution is -2.20. The third kappa shape index (κ3) is 5.14. The fourth-order valence-corrected chi connectivity index (χ4v) is 2.66. The van der Waals surface area contributed by atoms with Gasteiger partial charge in [-0.1, -0.05) is 36.4 Å². The molecule has 142 valence electrons. The molecule has 28 heavy (non-hydrogen) atoms. The Kier molecular flexibility index (Phi) is 5.96. The number of nitrogens with one attached hydrogen (secondary N) is 2. The first-order valence-corrected chi connectivity index (χ1v) is 8.79. The fourth-order valence-electron chi connectivity index (χ4n) is 2.66. The number of aromatic nitrogens is 2. The summed E-state index contributed by atoms with van der Waals surface area (Å²) in [6, 6.07) is 20.3. The molecule has 7 nitrogen and oxygen atoms in total. The van der Waals surface area contributed by atoms with Crippen LogP contribution in [0.3, 0.4) is 0 Å². The summed E-state index contributed by atoms with van der Waals surface area (Å²) < 4.78 is 0. The molecule has 3 rings (SSSR count). The minimum absolute atomic E-state index is 0.176. The molecular weight excluding hydrogens is 354 g/mol. The highest BCUT2D eigenvalue weighted by atomic mass is 16.2. The molecule has 0 aliphatic heterocycles. The Hall–Kier alpha value is -3.74. The molecule has 0 spiro atoms. The van der Waals surface area contributed by atoms with E-state index in [1.165, 1.54) is 6.92 Å². The second-order valence-electron chi connectivity index (χ2n) is 6.33. The van der Waals surface area contributed by atoms with Gasteiger partial charge in [-0.2, -0.15) is 0 Å². The highest BCUT2D eigenvalue weighted by molar-refractivity contribution is 6.03. The number of amides is 2. The largest absolute Gasteiger partial charge is 0.354 e. The Morgan fingerprint density at radius 3 is 2.25 bits per heavy atom. The lowest BCUT2D eigenvalue weighted by Gasteiger charge is -2.17.